The van der Waals surface area contributed by atoms with Crippen LogP contribution in [0.4, 0.5) is 0 Å². The number of pyridine rings is 1. The van der Waals surface area contributed by atoms with Crippen molar-refractivity contribution in [1.82, 2.24) is 4.98 Å². The average molecular weight is 271 g/mol. The van der Waals surface area contributed by atoms with Gasteiger partial charge in [0, 0.05) is 11.9 Å². The molecule has 0 radical (unpaired) electrons. The van der Waals surface area contributed by atoms with Gasteiger partial charge in [0.15, 0.2) is 0 Å². The van der Waals surface area contributed by atoms with Crippen molar-refractivity contribution < 1.29 is 0 Å². The van der Waals surface area contributed by atoms with Crippen LogP contribution < -0.4 is 0 Å². The van der Waals surface area contributed by atoms with Gasteiger partial charge < -0.3 is 0 Å². The van der Waals surface area contributed by atoms with Gasteiger partial charge in [0.1, 0.15) is 0 Å². The van der Waals surface area contributed by atoms with Gasteiger partial charge in [-0.1, -0.05) is 77.4 Å². The van der Waals surface area contributed by atoms with E-state index in [0.29, 0.717) is 5.92 Å². The van der Waals surface area contributed by atoms with E-state index in [1.54, 1.807) is 0 Å². The molecule has 2 aromatic rings. The minimum Gasteiger partial charge on any atom is -0.261 e. The fourth-order valence-electron chi connectivity index (χ4n) is 1.45. The normalized spacial score (nSPS) is 9.10. The molecule has 0 aliphatic rings. The molecule has 0 atom stereocenters. The van der Waals surface area contributed by atoms with Crippen LogP contribution in [0.3, 0.4) is 0 Å². The Morgan fingerprint density at radius 1 is 0.850 bits per heavy atom. The summed E-state index contributed by atoms with van der Waals surface area (Å²) in [4.78, 5) is 4.10. The minimum absolute atomic E-state index is 0.659. The average Bonchev–Trinajstić information content (AvgIpc) is 2.50. The van der Waals surface area contributed by atoms with Crippen molar-refractivity contribution in [2.75, 3.05) is 0 Å². The zero-order valence-corrected chi connectivity index (χ0v) is 13.6. The van der Waals surface area contributed by atoms with Gasteiger partial charge in [0.25, 0.3) is 0 Å². The molecule has 0 saturated heterocycles. The van der Waals surface area contributed by atoms with Crippen molar-refractivity contribution in [3.8, 4) is 0 Å². The summed E-state index contributed by atoms with van der Waals surface area (Å²) < 4.78 is 0. The van der Waals surface area contributed by atoms with Gasteiger partial charge >= 0.3 is 0 Å². The highest BCUT2D eigenvalue weighted by atomic mass is 14.6. The van der Waals surface area contributed by atoms with Crippen LogP contribution in [0.5, 0.6) is 0 Å². The number of nitrogens with zero attached hydrogens (tertiary/aromatic N) is 1. The first kappa shape index (κ1) is 18.4. The van der Waals surface area contributed by atoms with Crippen molar-refractivity contribution in [3.05, 3.63) is 66.0 Å². The number of hydrogen-bond acceptors (Lipinski definition) is 1. The van der Waals surface area contributed by atoms with Crippen molar-refractivity contribution >= 4 is 0 Å². The molecule has 1 aromatic heterocycles. The molecule has 2 rings (SSSR count). The first-order chi connectivity index (χ1) is 9.65. The number of hydrogen-bond donors (Lipinski definition) is 0. The van der Waals surface area contributed by atoms with Gasteiger partial charge in [0.05, 0.1) is 0 Å². The number of benzene rings is 1. The SMILES string of the molecule is CC(C)c1ccccc1.CCC.CCc1ccccn1. The van der Waals surface area contributed by atoms with Gasteiger partial charge in [-0.3, -0.25) is 4.98 Å². The van der Waals surface area contributed by atoms with Gasteiger partial charge in [-0.2, -0.15) is 0 Å². The highest BCUT2D eigenvalue weighted by Gasteiger charge is 1.93. The standard InChI is InChI=1S/C9H12.C7H9N.C3H8/c1-8(2)9-6-4-3-5-7-9;1-2-7-5-3-4-6-8-7;1-3-2/h3-8H,1-2H3;3-6H,2H2,1H3;3H2,1-2H3. The Morgan fingerprint density at radius 3 is 1.70 bits per heavy atom. The van der Waals surface area contributed by atoms with Crippen molar-refractivity contribution in [2.45, 2.75) is 53.4 Å². The zero-order valence-electron chi connectivity index (χ0n) is 13.6. The van der Waals surface area contributed by atoms with Crippen LogP contribution in [0.2, 0.25) is 0 Å². The summed E-state index contributed by atoms with van der Waals surface area (Å²) in [6.07, 6.45) is 4.10. The summed E-state index contributed by atoms with van der Waals surface area (Å²) in [6.45, 7) is 10.8. The van der Waals surface area contributed by atoms with E-state index in [2.05, 4.69) is 63.9 Å². The van der Waals surface area contributed by atoms with E-state index in [9.17, 15) is 0 Å². The third-order valence-electron chi connectivity index (χ3n) is 2.55. The molecule has 1 heterocycles. The second-order valence-corrected chi connectivity index (χ2v) is 4.95. The molecule has 110 valence electrons. The summed E-state index contributed by atoms with van der Waals surface area (Å²) >= 11 is 0. The van der Waals surface area contributed by atoms with Crippen LogP contribution in [0, 0.1) is 0 Å². The highest BCUT2D eigenvalue weighted by Crippen LogP contribution is 2.11. The Hall–Kier alpha value is -1.63. The van der Waals surface area contributed by atoms with Crippen LogP contribution in [0.15, 0.2) is 54.7 Å². The first-order valence-electron chi connectivity index (χ1n) is 7.60. The maximum Gasteiger partial charge on any atom is 0.0400 e. The highest BCUT2D eigenvalue weighted by molar-refractivity contribution is 5.17. The van der Waals surface area contributed by atoms with Crippen molar-refractivity contribution in [2.24, 2.45) is 0 Å². The molecule has 0 N–H and O–H groups in total. The smallest absolute Gasteiger partial charge is 0.0400 e. The lowest BCUT2D eigenvalue weighted by Crippen LogP contribution is -1.83. The van der Waals surface area contributed by atoms with Gasteiger partial charge in [-0.05, 0) is 30.0 Å². The maximum absolute atomic E-state index is 4.10. The van der Waals surface area contributed by atoms with E-state index in [1.807, 2.05) is 30.5 Å². The molecule has 0 unspecified atom stereocenters. The Kier molecular flexibility index (Phi) is 11.4. The molecule has 0 saturated carbocycles. The van der Waals surface area contributed by atoms with E-state index in [-0.39, 0.29) is 0 Å². The maximum atomic E-state index is 4.10. The summed E-state index contributed by atoms with van der Waals surface area (Å²) in [5.41, 5.74) is 2.57. The van der Waals surface area contributed by atoms with E-state index >= 15 is 0 Å². The van der Waals surface area contributed by atoms with Crippen molar-refractivity contribution in [1.29, 1.82) is 0 Å². The Bertz CT molecular complexity index is 406. The number of aryl methyl sites for hydroxylation is 1. The van der Waals surface area contributed by atoms with E-state index in [4.69, 9.17) is 0 Å². The molecule has 1 aromatic carbocycles. The first-order valence-corrected chi connectivity index (χ1v) is 7.60. The number of aromatic nitrogens is 1. The van der Waals surface area contributed by atoms with E-state index < -0.39 is 0 Å². The molecule has 0 aliphatic heterocycles. The molecule has 1 nitrogen and oxygen atoms in total. The lowest BCUT2D eigenvalue weighted by molar-refractivity contribution is 0.867. The molecule has 0 fully saturated rings. The van der Waals surface area contributed by atoms with E-state index in [1.165, 1.54) is 12.0 Å². The van der Waals surface area contributed by atoms with Crippen LogP contribution >= 0.6 is 0 Å². The fraction of sp³-hybridized carbons (Fsp3) is 0.421. The Morgan fingerprint density at radius 2 is 1.40 bits per heavy atom. The predicted molar refractivity (Wildman–Crippen MR) is 90.1 cm³/mol. The second kappa shape index (κ2) is 12.4. The van der Waals surface area contributed by atoms with Crippen LogP contribution in [0.1, 0.15) is 58.2 Å². The summed E-state index contributed by atoms with van der Waals surface area (Å²) in [5, 5.41) is 0. The molecular formula is C19H29N. The Balaban J connectivity index is 0.000000304. The predicted octanol–water partition coefficient (Wildman–Crippen LogP) is 5.87. The lowest BCUT2D eigenvalue weighted by atomic mass is 10.0. The van der Waals surface area contributed by atoms with Crippen LogP contribution in [-0.2, 0) is 6.42 Å². The summed E-state index contributed by atoms with van der Waals surface area (Å²) in [5.74, 6) is 0.659. The molecular weight excluding hydrogens is 242 g/mol. The number of rotatable bonds is 2. The lowest BCUT2D eigenvalue weighted by Gasteiger charge is -2.01. The third-order valence-corrected chi connectivity index (χ3v) is 2.55. The summed E-state index contributed by atoms with van der Waals surface area (Å²) in [6, 6.07) is 16.5. The Labute approximate surface area is 125 Å². The van der Waals surface area contributed by atoms with E-state index in [0.717, 1.165) is 12.1 Å². The minimum atomic E-state index is 0.659. The van der Waals surface area contributed by atoms with Crippen LogP contribution in [-0.4, -0.2) is 4.98 Å². The quantitative estimate of drug-likeness (QED) is 0.665. The van der Waals surface area contributed by atoms with Gasteiger partial charge in [0.2, 0.25) is 0 Å². The molecule has 0 spiro atoms. The molecule has 1 heteroatoms. The molecule has 0 bridgehead atoms. The van der Waals surface area contributed by atoms with Crippen LogP contribution in [0.25, 0.3) is 0 Å². The molecule has 20 heavy (non-hydrogen) atoms. The van der Waals surface area contributed by atoms with Gasteiger partial charge in [-0.25, -0.2) is 0 Å². The fourth-order valence-corrected chi connectivity index (χ4v) is 1.45. The van der Waals surface area contributed by atoms with Crippen molar-refractivity contribution in [3.63, 3.8) is 0 Å². The second-order valence-electron chi connectivity index (χ2n) is 4.95. The summed E-state index contributed by atoms with van der Waals surface area (Å²) in [7, 11) is 0. The topological polar surface area (TPSA) is 12.9 Å². The van der Waals surface area contributed by atoms with Gasteiger partial charge in [-0.15, -0.1) is 0 Å². The monoisotopic (exact) mass is 271 g/mol. The molecule has 0 aliphatic carbocycles. The third kappa shape index (κ3) is 9.32. The molecule has 0 amide bonds. The largest absolute Gasteiger partial charge is 0.261 e. The zero-order chi connectivity index (χ0) is 15.2.